The number of benzene rings is 1. The van der Waals surface area contributed by atoms with Gasteiger partial charge in [0.15, 0.2) is 5.96 Å². The topological polar surface area (TPSA) is 42.9 Å². The third kappa shape index (κ3) is 7.29. The zero-order valence-electron chi connectivity index (χ0n) is 19.4. The molecule has 0 unspecified atom stereocenters. The molecule has 0 amide bonds. The van der Waals surface area contributed by atoms with Gasteiger partial charge in [-0.3, -0.25) is 0 Å². The lowest BCUT2D eigenvalue weighted by molar-refractivity contribution is 0.119. The van der Waals surface area contributed by atoms with E-state index in [9.17, 15) is 0 Å². The summed E-state index contributed by atoms with van der Waals surface area (Å²) in [7, 11) is 4.17. The van der Waals surface area contributed by atoms with E-state index in [1.54, 1.807) is 0 Å². The minimum absolute atomic E-state index is 0. The molecule has 1 aliphatic heterocycles. The highest BCUT2D eigenvalue weighted by Gasteiger charge is 2.26. The van der Waals surface area contributed by atoms with Crippen molar-refractivity contribution in [2.45, 2.75) is 77.4 Å². The average Bonchev–Trinajstić information content (AvgIpc) is 2.74. The van der Waals surface area contributed by atoms with Gasteiger partial charge in [-0.1, -0.05) is 25.3 Å². The number of hydrogen-bond donors (Lipinski definition) is 2. The van der Waals surface area contributed by atoms with Crippen molar-refractivity contribution in [1.29, 1.82) is 0 Å². The van der Waals surface area contributed by atoms with Gasteiger partial charge < -0.3 is 20.4 Å². The molecule has 6 heteroatoms. The fourth-order valence-corrected chi connectivity index (χ4v) is 4.67. The molecule has 2 aliphatic rings. The lowest BCUT2D eigenvalue weighted by Crippen LogP contribution is -2.50. The van der Waals surface area contributed by atoms with Gasteiger partial charge in [-0.15, -0.1) is 24.0 Å². The van der Waals surface area contributed by atoms with E-state index in [4.69, 9.17) is 4.99 Å². The molecular formula is C24H42IN5. The SMILES string of the molecule is CCNC(=NCc1ccc(N(C)C)cc1C)NC1CCN(C2CCCCC2)CC1.I. The molecule has 0 radical (unpaired) electrons. The number of halogens is 1. The van der Waals surface area contributed by atoms with Gasteiger partial charge in [0.25, 0.3) is 0 Å². The first kappa shape index (κ1) is 25.2. The van der Waals surface area contributed by atoms with E-state index in [2.05, 4.69) is 66.6 Å². The minimum Gasteiger partial charge on any atom is -0.378 e. The van der Waals surface area contributed by atoms with E-state index in [1.807, 2.05) is 0 Å². The van der Waals surface area contributed by atoms with Crippen LogP contribution in [0.25, 0.3) is 0 Å². The van der Waals surface area contributed by atoms with Crippen molar-refractivity contribution in [1.82, 2.24) is 15.5 Å². The molecule has 0 spiro atoms. The van der Waals surface area contributed by atoms with E-state index in [-0.39, 0.29) is 24.0 Å². The first-order chi connectivity index (χ1) is 14.1. The van der Waals surface area contributed by atoms with Crippen molar-refractivity contribution < 1.29 is 0 Å². The molecule has 1 aromatic carbocycles. The summed E-state index contributed by atoms with van der Waals surface area (Å²) in [4.78, 5) is 9.78. The molecular weight excluding hydrogens is 485 g/mol. The molecule has 170 valence electrons. The number of rotatable bonds is 6. The first-order valence-corrected chi connectivity index (χ1v) is 11.6. The van der Waals surface area contributed by atoms with E-state index >= 15 is 0 Å². The highest BCUT2D eigenvalue weighted by Crippen LogP contribution is 2.25. The number of nitrogens with zero attached hydrogens (tertiary/aromatic N) is 3. The lowest BCUT2D eigenvalue weighted by Gasteiger charge is -2.39. The normalized spacial score (nSPS) is 19.3. The van der Waals surface area contributed by atoms with Crippen LogP contribution in [0.4, 0.5) is 5.69 Å². The van der Waals surface area contributed by atoms with Crippen LogP contribution in [0.3, 0.4) is 0 Å². The van der Waals surface area contributed by atoms with Crippen LogP contribution in [0.1, 0.15) is 63.0 Å². The molecule has 2 fully saturated rings. The Kier molecular flexibility index (Phi) is 10.7. The molecule has 1 aliphatic carbocycles. The van der Waals surface area contributed by atoms with Crippen LogP contribution in [0, 0.1) is 6.92 Å². The molecule has 2 N–H and O–H groups in total. The molecule has 5 nitrogen and oxygen atoms in total. The zero-order chi connectivity index (χ0) is 20.6. The van der Waals surface area contributed by atoms with Gasteiger partial charge in [0.1, 0.15) is 0 Å². The highest BCUT2D eigenvalue weighted by atomic mass is 127. The fourth-order valence-electron chi connectivity index (χ4n) is 4.67. The Bertz CT molecular complexity index is 662. The van der Waals surface area contributed by atoms with Crippen LogP contribution in [-0.2, 0) is 6.54 Å². The second-order valence-electron chi connectivity index (χ2n) is 8.95. The summed E-state index contributed by atoms with van der Waals surface area (Å²) in [5.41, 5.74) is 3.83. The maximum Gasteiger partial charge on any atom is 0.191 e. The fraction of sp³-hybridized carbons (Fsp3) is 0.708. The van der Waals surface area contributed by atoms with Crippen LogP contribution < -0.4 is 15.5 Å². The van der Waals surface area contributed by atoms with Gasteiger partial charge >= 0.3 is 0 Å². The number of likely N-dealkylation sites (tertiary alicyclic amines) is 1. The van der Waals surface area contributed by atoms with Crippen molar-refractivity contribution >= 4 is 35.6 Å². The van der Waals surface area contributed by atoms with E-state index < -0.39 is 0 Å². The molecule has 0 bridgehead atoms. The van der Waals surface area contributed by atoms with Gasteiger partial charge in [-0.05, 0) is 62.8 Å². The van der Waals surface area contributed by atoms with Crippen LogP contribution in [0.5, 0.6) is 0 Å². The van der Waals surface area contributed by atoms with Gasteiger partial charge in [0.2, 0.25) is 0 Å². The van der Waals surface area contributed by atoms with E-state index in [0.29, 0.717) is 6.04 Å². The largest absolute Gasteiger partial charge is 0.378 e. The molecule has 1 saturated heterocycles. The van der Waals surface area contributed by atoms with E-state index in [1.165, 1.54) is 74.8 Å². The minimum atomic E-state index is 0. The summed E-state index contributed by atoms with van der Waals surface area (Å²) in [5, 5.41) is 7.14. The number of aliphatic imine (C=N–C) groups is 1. The molecule has 0 atom stereocenters. The van der Waals surface area contributed by atoms with Crippen molar-refractivity contribution in [2.75, 3.05) is 38.6 Å². The Morgan fingerprint density at radius 3 is 2.40 bits per heavy atom. The Balaban J connectivity index is 0.00000320. The first-order valence-electron chi connectivity index (χ1n) is 11.6. The monoisotopic (exact) mass is 527 g/mol. The maximum atomic E-state index is 4.89. The van der Waals surface area contributed by atoms with Gasteiger partial charge in [-0.2, -0.15) is 0 Å². The average molecular weight is 528 g/mol. The smallest absolute Gasteiger partial charge is 0.191 e. The molecule has 30 heavy (non-hydrogen) atoms. The molecule has 1 heterocycles. The molecule has 1 saturated carbocycles. The predicted molar refractivity (Wildman–Crippen MR) is 140 cm³/mol. The summed E-state index contributed by atoms with van der Waals surface area (Å²) >= 11 is 0. The van der Waals surface area contributed by atoms with Crippen molar-refractivity contribution in [3.05, 3.63) is 29.3 Å². The summed E-state index contributed by atoms with van der Waals surface area (Å²) in [5.74, 6) is 0.958. The van der Waals surface area contributed by atoms with E-state index in [0.717, 1.165) is 25.1 Å². The third-order valence-electron chi connectivity index (χ3n) is 6.56. The molecule has 3 rings (SSSR count). The number of guanidine groups is 1. The Morgan fingerprint density at radius 1 is 1.10 bits per heavy atom. The number of hydrogen-bond acceptors (Lipinski definition) is 3. The van der Waals surface area contributed by atoms with Crippen molar-refractivity contribution in [3.63, 3.8) is 0 Å². The summed E-state index contributed by atoms with van der Waals surface area (Å²) < 4.78 is 0. The number of aryl methyl sites for hydroxylation is 1. The summed E-state index contributed by atoms with van der Waals surface area (Å²) in [6, 6.07) is 8.01. The van der Waals surface area contributed by atoms with Crippen LogP contribution in [0.2, 0.25) is 0 Å². The van der Waals surface area contributed by atoms with Crippen LogP contribution in [-0.4, -0.2) is 56.7 Å². The Morgan fingerprint density at radius 2 is 1.80 bits per heavy atom. The zero-order valence-corrected chi connectivity index (χ0v) is 21.7. The summed E-state index contributed by atoms with van der Waals surface area (Å²) in [6.07, 6.45) is 9.55. The second-order valence-corrected chi connectivity index (χ2v) is 8.95. The van der Waals surface area contributed by atoms with Crippen molar-refractivity contribution in [2.24, 2.45) is 4.99 Å². The second kappa shape index (κ2) is 12.7. The van der Waals surface area contributed by atoms with Gasteiger partial charge in [0.05, 0.1) is 6.54 Å². The standard InChI is InChI=1S/C24H41N5.HI/c1-5-25-24(26-18-20-11-12-23(28(3)4)17-19(20)2)27-21-13-15-29(16-14-21)22-9-7-6-8-10-22;/h11-12,17,21-22H,5-10,13-16,18H2,1-4H3,(H2,25,26,27);1H. The third-order valence-corrected chi connectivity index (χ3v) is 6.56. The van der Waals surface area contributed by atoms with Crippen LogP contribution >= 0.6 is 24.0 Å². The Labute approximate surface area is 201 Å². The predicted octanol–water partition coefficient (Wildman–Crippen LogP) is 4.53. The van der Waals surface area contributed by atoms with Crippen LogP contribution in [0.15, 0.2) is 23.2 Å². The lowest BCUT2D eigenvalue weighted by atomic mass is 9.92. The van der Waals surface area contributed by atoms with Gasteiger partial charge in [0, 0.05) is 51.5 Å². The quantitative estimate of drug-likeness (QED) is 0.324. The maximum absolute atomic E-state index is 4.89. The summed E-state index contributed by atoms with van der Waals surface area (Å²) in [6.45, 7) is 8.39. The molecule has 0 aromatic heterocycles. The van der Waals surface area contributed by atoms with Crippen molar-refractivity contribution in [3.8, 4) is 0 Å². The highest BCUT2D eigenvalue weighted by molar-refractivity contribution is 14.0. The van der Waals surface area contributed by atoms with Gasteiger partial charge in [-0.25, -0.2) is 4.99 Å². The number of anilines is 1. The number of nitrogens with one attached hydrogen (secondary N) is 2. The number of piperidine rings is 1. The Hall–Kier alpha value is -1.02. The molecule has 1 aromatic rings.